The zero-order chi connectivity index (χ0) is 15.5. The summed E-state index contributed by atoms with van der Waals surface area (Å²) in [6, 6.07) is 0.675. The minimum atomic E-state index is -3.63. The number of nitrogens with one attached hydrogen (secondary N) is 2. The van der Waals surface area contributed by atoms with E-state index in [0.29, 0.717) is 0 Å². The van der Waals surface area contributed by atoms with Crippen molar-refractivity contribution < 1.29 is 23.1 Å². The molecule has 3 N–H and O–H groups in total. The van der Waals surface area contributed by atoms with Gasteiger partial charge in [-0.1, -0.05) is 0 Å². The van der Waals surface area contributed by atoms with E-state index in [1.165, 1.54) is 30.9 Å². The summed E-state index contributed by atoms with van der Waals surface area (Å²) in [6.07, 6.45) is 1.10. The molecule has 112 valence electrons. The number of aliphatic carboxylic acids is 1. The number of hydrogen-bond donors (Lipinski definition) is 3. The Morgan fingerprint density at radius 2 is 2.05 bits per heavy atom. The molecule has 8 nitrogen and oxygen atoms in total. The lowest BCUT2D eigenvalue weighted by molar-refractivity contribution is -0.137. The van der Waals surface area contributed by atoms with Crippen molar-refractivity contribution in [1.82, 2.24) is 14.6 Å². The number of nitrogens with zero attached hydrogens (tertiary/aromatic N) is 1. The molecule has 0 aliphatic carbocycles. The highest BCUT2D eigenvalue weighted by Gasteiger charge is 2.20. The van der Waals surface area contributed by atoms with E-state index in [1.807, 2.05) is 0 Å². The molecule has 0 aromatic carbocycles. The van der Waals surface area contributed by atoms with E-state index in [2.05, 4.69) is 10.0 Å². The van der Waals surface area contributed by atoms with Crippen molar-refractivity contribution in [3.05, 3.63) is 18.0 Å². The quantitative estimate of drug-likeness (QED) is 0.656. The van der Waals surface area contributed by atoms with Gasteiger partial charge in [0.1, 0.15) is 10.6 Å². The smallest absolute Gasteiger partial charge is 0.305 e. The van der Waals surface area contributed by atoms with Gasteiger partial charge in [-0.25, -0.2) is 13.1 Å². The lowest BCUT2D eigenvalue weighted by Crippen LogP contribution is -2.35. The van der Waals surface area contributed by atoms with Gasteiger partial charge in [0.05, 0.1) is 6.42 Å². The Morgan fingerprint density at radius 1 is 1.45 bits per heavy atom. The van der Waals surface area contributed by atoms with Gasteiger partial charge in [0.15, 0.2) is 0 Å². The van der Waals surface area contributed by atoms with E-state index in [-0.39, 0.29) is 17.0 Å². The molecule has 1 amide bonds. The first kappa shape index (κ1) is 16.2. The molecular weight excluding hydrogens is 286 g/mol. The molecule has 0 fully saturated rings. The molecule has 9 heteroatoms. The summed E-state index contributed by atoms with van der Waals surface area (Å²) in [5, 5.41) is 11.1. The maximum atomic E-state index is 11.9. The lowest BCUT2D eigenvalue weighted by Gasteiger charge is -2.11. The van der Waals surface area contributed by atoms with E-state index in [0.717, 1.165) is 0 Å². The van der Waals surface area contributed by atoms with Gasteiger partial charge >= 0.3 is 5.97 Å². The lowest BCUT2D eigenvalue weighted by atomic mass is 10.2. The third kappa shape index (κ3) is 3.81. The number of carbonyl (C=O) groups is 2. The van der Waals surface area contributed by atoms with Crippen LogP contribution in [-0.2, 0) is 21.9 Å². The van der Waals surface area contributed by atoms with E-state index in [4.69, 9.17) is 5.11 Å². The molecule has 1 heterocycles. The molecule has 20 heavy (non-hydrogen) atoms. The molecule has 1 aromatic rings. The van der Waals surface area contributed by atoms with Crippen LogP contribution in [0.4, 0.5) is 0 Å². The second-order valence-electron chi connectivity index (χ2n) is 4.35. The standard InChI is InChI=1S/C11H17N3O5S/c1-7(4-10(15)16)13-11(17)9-5-8(6-14(9)3)20(18,19)12-2/h5-7,12H,4H2,1-3H3,(H,13,17)(H,15,16). The minimum absolute atomic E-state index is 0.0291. The van der Waals surface area contributed by atoms with Crippen LogP contribution in [0.3, 0.4) is 0 Å². The first-order valence-corrected chi connectivity index (χ1v) is 7.28. The Labute approximate surface area is 116 Å². The van der Waals surface area contributed by atoms with Gasteiger partial charge in [0.25, 0.3) is 5.91 Å². The minimum Gasteiger partial charge on any atom is -0.481 e. The molecule has 0 spiro atoms. The molecule has 0 saturated carbocycles. The molecule has 0 bridgehead atoms. The molecule has 1 rings (SSSR count). The van der Waals surface area contributed by atoms with Gasteiger partial charge in [0, 0.05) is 19.3 Å². The fraction of sp³-hybridized carbons (Fsp3) is 0.455. The van der Waals surface area contributed by atoms with E-state index >= 15 is 0 Å². The topological polar surface area (TPSA) is 118 Å². The van der Waals surface area contributed by atoms with Crippen molar-refractivity contribution in [2.45, 2.75) is 24.3 Å². The fourth-order valence-corrected chi connectivity index (χ4v) is 2.43. The third-order valence-corrected chi connectivity index (χ3v) is 4.03. The maximum Gasteiger partial charge on any atom is 0.305 e. The van der Waals surface area contributed by atoms with Crippen molar-refractivity contribution >= 4 is 21.9 Å². The second-order valence-corrected chi connectivity index (χ2v) is 6.24. The van der Waals surface area contributed by atoms with Crippen molar-refractivity contribution in [3.63, 3.8) is 0 Å². The Hall–Kier alpha value is -1.87. The molecule has 0 aliphatic heterocycles. The van der Waals surface area contributed by atoms with Crippen LogP contribution in [0, 0.1) is 0 Å². The predicted octanol–water partition coefficient (Wildman–Crippen LogP) is -0.474. The number of carboxylic acids is 1. The van der Waals surface area contributed by atoms with Gasteiger partial charge in [0.2, 0.25) is 10.0 Å². The van der Waals surface area contributed by atoms with Crippen molar-refractivity contribution in [3.8, 4) is 0 Å². The Bertz CT molecular complexity index is 620. The number of sulfonamides is 1. The van der Waals surface area contributed by atoms with Crippen molar-refractivity contribution in [1.29, 1.82) is 0 Å². The highest BCUT2D eigenvalue weighted by molar-refractivity contribution is 7.89. The molecule has 1 aromatic heterocycles. The fourth-order valence-electron chi connectivity index (χ4n) is 1.64. The summed E-state index contributed by atoms with van der Waals surface area (Å²) < 4.78 is 26.8. The second kappa shape index (κ2) is 6.06. The molecule has 0 radical (unpaired) electrons. The van der Waals surface area contributed by atoms with Gasteiger partial charge in [-0.15, -0.1) is 0 Å². The summed E-state index contributed by atoms with van der Waals surface area (Å²) in [6.45, 7) is 1.56. The Kier molecular flexibility index (Phi) is 4.90. The average molecular weight is 303 g/mol. The monoisotopic (exact) mass is 303 g/mol. The van der Waals surface area contributed by atoms with E-state index in [1.54, 1.807) is 6.92 Å². The summed E-state index contributed by atoms with van der Waals surface area (Å²) in [5.74, 6) is -1.55. The average Bonchev–Trinajstić information content (AvgIpc) is 2.70. The van der Waals surface area contributed by atoms with Gasteiger partial charge in [-0.05, 0) is 20.0 Å². The van der Waals surface area contributed by atoms with Crippen LogP contribution >= 0.6 is 0 Å². The molecule has 1 atom stereocenters. The third-order valence-electron chi connectivity index (χ3n) is 2.65. The van der Waals surface area contributed by atoms with Crippen LogP contribution in [-0.4, -0.2) is 43.1 Å². The largest absolute Gasteiger partial charge is 0.481 e. The first-order chi connectivity index (χ1) is 9.17. The maximum absolute atomic E-state index is 11.9. The van der Waals surface area contributed by atoms with Crippen LogP contribution < -0.4 is 10.0 Å². The van der Waals surface area contributed by atoms with Crippen molar-refractivity contribution in [2.75, 3.05) is 7.05 Å². The normalized spacial score (nSPS) is 12.9. The molecule has 0 aliphatic rings. The van der Waals surface area contributed by atoms with Crippen LogP contribution in [0.15, 0.2) is 17.2 Å². The van der Waals surface area contributed by atoms with E-state index in [9.17, 15) is 18.0 Å². The summed E-state index contributed by atoms with van der Waals surface area (Å²) in [4.78, 5) is 22.4. The molecule has 1 unspecified atom stereocenters. The first-order valence-electron chi connectivity index (χ1n) is 5.80. The number of aromatic nitrogens is 1. The van der Waals surface area contributed by atoms with Gasteiger partial charge in [-0.2, -0.15) is 0 Å². The molecule has 0 saturated heterocycles. The van der Waals surface area contributed by atoms with E-state index < -0.39 is 27.9 Å². The highest BCUT2D eigenvalue weighted by atomic mass is 32.2. The Balaban J connectivity index is 2.93. The van der Waals surface area contributed by atoms with Gasteiger partial charge < -0.3 is 15.0 Å². The highest BCUT2D eigenvalue weighted by Crippen LogP contribution is 2.13. The van der Waals surface area contributed by atoms with Gasteiger partial charge in [-0.3, -0.25) is 9.59 Å². The van der Waals surface area contributed by atoms with Crippen LogP contribution in [0.25, 0.3) is 0 Å². The zero-order valence-electron chi connectivity index (χ0n) is 11.4. The number of carboxylic acid groups (broad SMARTS) is 1. The SMILES string of the molecule is CNS(=O)(=O)c1cc(C(=O)NC(C)CC(=O)O)n(C)c1. The summed E-state index contributed by atoms with van der Waals surface area (Å²) in [7, 11) is -0.818. The van der Waals surface area contributed by atoms with Crippen LogP contribution in [0.2, 0.25) is 0 Å². The molecular formula is C11H17N3O5S. The summed E-state index contributed by atoms with van der Waals surface area (Å²) in [5.41, 5.74) is 0.135. The number of aryl methyl sites for hydroxylation is 1. The van der Waals surface area contributed by atoms with Crippen LogP contribution in [0.5, 0.6) is 0 Å². The number of hydrogen-bond acceptors (Lipinski definition) is 4. The zero-order valence-corrected chi connectivity index (χ0v) is 12.2. The number of rotatable bonds is 6. The van der Waals surface area contributed by atoms with Crippen LogP contribution in [0.1, 0.15) is 23.8 Å². The predicted molar refractivity (Wildman–Crippen MR) is 70.8 cm³/mol. The number of carbonyl (C=O) groups excluding carboxylic acids is 1. The Morgan fingerprint density at radius 3 is 2.55 bits per heavy atom. The summed E-state index contributed by atoms with van der Waals surface area (Å²) >= 11 is 0. The van der Waals surface area contributed by atoms with Crippen molar-refractivity contribution in [2.24, 2.45) is 7.05 Å². The number of amides is 1.